The van der Waals surface area contributed by atoms with Crippen LogP contribution in [0.5, 0.6) is 0 Å². The van der Waals surface area contributed by atoms with Gasteiger partial charge in [0.25, 0.3) is 5.82 Å². The molecule has 242 valence electrons. The lowest BCUT2D eigenvalue weighted by molar-refractivity contribution is -0.697. The van der Waals surface area contributed by atoms with Crippen LogP contribution >= 0.6 is 0 Å². The molecule has 1 aromatic heterocycles. The second-order valence-corrected chi connectivity index (χ2v) is 14.5. The van der Waals surface area contributed by atoms with Gasteiger partial charge in [0.2, 0.25) is 0 Å². The number of aromatic amines is 1. The Hall–Kier alpha value is -3.20. The van der Waals surface area contributed by atoms with Gasteiger partial charge in [0.1, 0.15) is 18.8 Å². The first kappa shape index (κ1) is 31.8. The Kier molecular flexibility index (Phi) is 9.93. The number of rotatable bonds is 8. The summed E-state index contributed by atoms with van der Waals surface area (Å²) in [6.07, 6.45) is 7.72. The summed E-state index contributed by atoms with van der Waals surface area (Å²) in [7, 11) is 0. The minimum atomic E-state index is -0.467. The molecule has 4 heterocycles. The van der Waals surface area contributed by atoms with E-state index in [9.17, 15) is 9.90 Å². The molecule has 0 spiro atoms. The minimum Gasteiger partial charge on any atom is -0.391 e. The number of aliphatic hydroxyl groups excluding tert-OH is 1. The van der Waals surface area contributed by atoms with Gasteiger partial charge in [-0.25, -0.2) is 14.3 Å². The molecule has 3 aliphatic rings. The van der Waals surface area contributed by atoms with E-state index in [4.69, 9.17) is 0 Å². The van der Waals surface area contributed by atoms with Crippen LogP contribution in [0.4, 0.5) is 4.79 Å². The van der Waals surface area contributed by atoms with Crippen molar-refractivity contribution in [2.45, 2.75) is 77.6 Å². The second-order valence-electron chi connectivity index (χ2n) is 14.5. The fourth-order valence-electron chi connectivity index (χ4n) is 7.73. The first-order valence-corrected chi connectivity index (χ1v) is 17.2. The molecule has 0 saturated carbocycles. The van der Waals surface area contributed by atoms with E-state index >= 15 is 0 Å². The topological polar surface area (TPSA) is 78.7 Å². The van der Waals surface area contributed by atoms with Gasteiger partial charge in [-0.15, -0.1) is 0 Å². The molecule has 0 bridgehead atoms. The van der Waals surface area contributed by atoms with Gasteiger partial charge < -0.3 is 25.1 Å². The van der Waals surface area contributed by atoms with Crippen LogP contribution in [0.1, 0.15) is 70.3 Å². The van der Waals surface area contributed by atoms with E-state index in [1.807, 2.05) is 6.07 Å². The summed E-state index contributed by atoms with van der Waals surface area (Å²) in [5, 5.41) is 14.3. The van der Waals surface area contributed by atoms with Gasteiger partial charge in [0, 0.05) is 50.2 Å². The summed E-state index contributed by atoms with van der Waals surface area (Å²) < 4.78 is 2.31. The van der Waals surface area contributed by atoms with E-state index in [1.54, 1.807) is 0 Å². The lowest BCUT2D eigenvalue weighted by atomic mass is 9.84. The highest BCUT2D eigenvalue weighted by atomic mass is 16.3. The molecular weight excluding hydrogens is 560 g/mol. The zero-order chi connectivity index (χ0) is 31.4. The van der Waals surface area contributed by atoms with E-state index in [-0.39, 0.29) is 23.4 Å². The van der Waals surface area contributed by atoms with Gasteiger partial charge in [0.05, 0.1) is 6.10 Å². The number of β-amino-alcohol motifs (C(OH)–C–C–N with tert-alkyl or cyclic N) is 1. The van der Waals surface area contributed by atoms with Crippen LogP contribution in [-0.4, -0.2) is 88.8 Å². The molecule has 45 heavy (non-hydrogen) atoms. The van der Waals surface area contributed by atoms with Crippen molar-refractivity contribution in [3.63, 3.8) is 0 Å². The van der Waals surface area contributed by atoms with Crippen LogP contribution < -0.4 is 9.88 Å². The van der Waals surface area contributed by atoms with Gasteiger partial charge in [-0.3, -0.25) is 0 Å². The van der Waals surface area contributed by atoms with Gasteiger partial charge in [0.15, 0.2) is 5.69 Å². The van der Waals surface area contributed by atoms with E-state index in [1.165, 1.54) is 37.9 Å². The van der Waals surface area contributed by atoms with Gasteiger partial charge in [-0.05, 0) is 49.8 Å². The standard InChI is InChI=1S/C37H52N6O2/c1-37(2,3)34(35-39-32(29-15-9-5-10-16-29)27-42(35)25-28-13-7-4-8-14-28)43(26-30-23-38-24-33(30)44)36(45)41-21-17-31(18-22-41)40-19-11-6-12-20-40/h4-5,7-10,13-16,27,30-31,33-34,38,44H,6,11-12,17-26H2,1-3H3/p+1/t30-,33+,34+/m1/s1. The SMILES string of the molecule is CC(C)(C)[C@H](c1[nH]c(-c2ccccc2)c[n+]1Cc1ccccc1)N(C[C@H]1CNC[C@@H]1O)C(=O)N1CCC(N2CCCCC2)CC1. The van der Waals surface area contributed by atoms with E-state index in [2.05, 4.69) is 111 Å². The lowest BCUT2D eigenvalue weighted by Gasteiger charge is -2.44. The number of nitrogens with zero attached hydrogens (tertiary/aromatic N) is 4. The van der Waals surface area contributed by atoms with Crippen LogP contribution in [0.3, 0.4) is 0 Å². The Labute approximate surface area is 269 Å². The smallest absolute Gasteiger partial charge is 0.320 e. The van der Waals surface area contributed by atoms with Crippen molar-refractivity contribution in [2.75, 3.05) is 45.8 Å². The molecular formula is C37H53N6O2+. The summed E-state index contributed by atoms with van der Waals surface area (Å²) in [6.45, 7) is 13.1. The minimum absolute atomic E-state index is 0.0178. The lowest BCUT2D eigenvalue weighted by Crippen LogP contribution is -2.56. The largest absolute Gasteiger partial charge is 0.391 e. The summed E-state index contributed by atoms with van der Waals surface area (Å²) in [4.78, 5) is 25.5. The molecule has 8 nitrogen and oxygen atoms in total. The summed E-state index contributed by atoms with van der Waals surface area (Å²) in [6, 6.07) is 21.4. The van der Waals surface area contributed by atoms with Crippen LogP contribution in [0.25, 0.3) is 11.3 Å². The number of urea groups is 1. The molecule has 3 N–H and O–H groups in total. The number of likely N-dealkylation sites (tertiary alicyclic amines) is 2. The number of nitrogens with one attached hydrogen (secondary N) is 2. The Morgan fingerprint density at radius 3 is 2.24 bits per heavy atom. The number of aliphatic hydroxyl groups is 1. The zero-order valence-corrected chi connectivity index (χ0v) is 27.5. The molecule has 2 amide bonds. The Balaban J connectivity index is 1.35. The molecule has 3 aromatic rings. The highest BCUT2D eigenvalue weighted by Gasteiger charge is 2.45. The van der Waals surface area contributed by atoms with Crippen molar-refractivity contribution in [2.24, 2.45) is 11.3 Å². The first-order valence-electron chi connectivity index (χ1n) is 17.2. The van der Waals surface area contributed by atoms with Crippen LogP contribution in [0.2, 0.25) is 0 Å². The number of hydrogen-bond acceptors (Lipinski definition) is 4. The highest BCUT2D eigenvalue weighted by Crippen LogP contribution is 2.39. The number of benzene rings is 2. The average molecular weight is 614 g/mol. The monoisotopic (exact) mass is 613 g/mol. The number of H-pyrrole nitrogens is 1. The van der Waals surface area contributed by atoms with Crippen molar-refractivity contribution < 1.29 is 14.5 Å². The number of piperidine rings is 2. The van der Waals surface area contributed by atoms with Gasteiger partial charge in [-0.1, -0.05) is 87.9 Å². The third-order valence-corrected chi connectivity index (χ3v) is 10.2. The normalized spacial score (nSPS) is 22.4. The average Bonchev–Trinajstić information content (AvgIpc) is 3.66. The number of amides is 2. The van der Waals surface area contributed by atoms with Crippen LogP contribution in [0, 0.1) is 11.3 Å². The molecule has 0 radical (unpaired) electrons. The van der Waals surface area contributed by atoms with Crippen molar-refractivity contribution in [3.05, 3.63) is 78.2 Å². The van der Waals surface area contributed by atoms with Crippen LogP contribution in [-0.2, 0) is 6.54 Å². The number of aromatic nitrogens is 2. The van der Waals surface area contributed by atoms with Gasteiger partial charge >= 0.3 is 6.03 Å². The fourth-order valence-corrected chi connectivity index (χ4v) is 7.73. The van der Waals surface area contributed by atoms with E-state index in [0.29, 0.717) is 32.2 Å². The number of carbonyl (C=O) groups is 1. The Morgan fingerprint density at radius 1 is 0.956 bits per heavy atom. The third kappa shape index (κ3) is 7.45. The molecule has 3 aliphatic heterocycles. The van der Waals surface area contributed by atoms with E-state index in [0.717, 1.165) is 43.0 Å². The molecule has 3 saturated heterocycles. The summed E-state index contributed by atoms with van der Waals surface area (Å²) >= 11 is 0. The molecule has 3 fully saturated rings. The van der Waals surface area contributed by atoms with Crippen LogP contribution in [0.15, 0.2) is 66.9 Å². The molecule has 3 atom stereocenters. The molecule has 0 aliphatic carbocycles. The summed E-state index contributed by atoms with van der Waals surface area (Å²) in [5.41, 5.74) is 3.08. The number of hydrogen-bond donors (Lipinski definition) is 3. The Bertz CT molecular complexity index is 1370. The number of carbonyl (C=O) groups excluding carboxylic acids is 1. The zero-order valence-electron chi connectivity index (χ0n) is 27.5. The van der Waals surface area contributed by atoms with Crippen molar-refractivity contribution in [1.82, 2.24) is 25.0 Å². The maximum atomic E-state index is 14.8. The maximum absolute atomic E-state index is 14.8. The molecule has 8 heteroatoms. The van der Waals surface area contributed by atoms with E-state index < -0.39 is 6.10 Å². The van der Waals surface area contributed by atoms with Crippen molar-refractivity contribution in [1.29, 1.82) is 0 Å². The molecule has 2 aromatic carbocycles. The van der Waals surface area contributed by atoms with Crippen molar-refractivity contribution >= 4 is 6.03 Å². The predicted molar refractivity (Wildman–Crippen MR) is 179 cm³/mol. The maximum Gasteiger partial charge on any atom is 0.320 e. The predicted octanol–water partition coefficient (Wildman–Crippen LogP) is 5.06. The molecule has 0 unspecified atom stereocenters. The van der Waals surface area contributed by atoms with Gasteiger partial charge in [-0.2, -0.15) is 0 Å². The summed E-state index contributed by atoms with van der Waals surface area (Å²) in [5.74, 6) is 0.998. The fraction of sp³-hybridized carbons (Fsp3) is 0.568. The second kappa shape index (κ2) is 14.1. The molecule has 6 rings (SSSR count). The Morgan fingerprint density at radius 2 is 1.62 bits per heavy atom. The third-order valence-electron chi connectivity index (χ3n) is 10.2. The quantitative estimate of drug-likeness (QED) is 0.311. The first-order chi connectivity index (χ1) is 21.8. The number of imidazole rings is 1. The highest BCUT2D eigenvalue weighted by molar-refractivity contribution is 5.75. The van der Waals surface area contributed by atoms with Crippen molar-refractivity contribution in [3.8, 4) is 11.3 Å².